The number of anilines is 1. The highest BCUT2D eigenvalue weighted by atomic mass is 35.5. The summed E-state index contributed by atoms with van der Waals surface area (Å²) in [5.74, 6) is 0.403. The zero-order chi connectivity index (χ0) is 18.0. The van der Waals surface area contributed by atoms with Gasteiger partial charge in [-0.1, -0.05) is 17.7 Å². The molecule has 0 saturated carbocycles. The first kappa shape index (κ1) is 17.0. The molecule has 0 aliphatic carbocycles. The first-order chi connectivity index (χ1) is 12.0. The minimum absolute atomic E-state index is 0.102. The number of amides is 1. The second-order valence-electron chi connectivity index (χ2n) is 5.78. The average Bonchev–Trinajstić information content (AvgIpc) is 2.56. The Hall–Kier alpha value is -2.79. The smallest absolute Gasteiger partial charge is 0.251 e. The predicted molar refractivity (Wildman–Crippen MR) is 99.6 cm³/mol. The summed E-state index contributed by atoms with van der Waals surface area (Å²) < 4.78 is 5.09. The predicted octanol–water partition coefficient (Wildman–Crippen LogP) is 3.68. The Balaban J connectivity index is 1.76. The van der Waals surface area contributed by atoms with Crippen LogP contribution in [0.15, 0.2) is 47.3 Å². The molecule has 0 saturated heterocycles. The highest BCUT2D eigenvalue weighted by molar-refractivity contribution is 6.32. The fourth-order valence-electron chi connectivity index (χ4n) is 2.61. The normalized spacial score (nSPS) is 10.7. The van der Waals surface area contributed by atoms with Crippen molar-refractivity contribution in [3.05, 3.63) is 69.0 Å². The van der Waals surface area contributed by atoms with Crippen LogP contribution in [0.3, 0.4) is 0 Å². The number of rotatable bonds is 4. The Morgan fingerprint density at radius 1 is 1.20 bits per heavy atom. The topological polar surface area (TPSA) is 71.2 Å². The van der Waals surface area contributed by atoms with Gasteiger partial charge < -0.3 is 15.0 Å². The number of pyridine rings is 1. The molecule has 1 amide bonds. The molecule has 1 aromatic heterocycles. The zero-order valence-electron chi connectivity index (χ0n) is 13.9. The number of aryl methyl sites for hydroxylation is 1. The summed E-state index contributed by atoms with van der Waals surface area (Å²) in [6.45, 7) is 1.76. The van der Waals surface area contributed by atoms with Crippen LogP contribution in [0.25, 0.3) is 10.9 Å². The molecular weight excluding hydrogens is 340 g/mol. The molecule has 0 aliphatic rings. The molecule has 0 spiro atoms. The lowest BCUT2D eigenvalue weighted by Crippen LogP contribution is -2.14. The van der Waals surface area contributed by atoms with Crippen LogP contribution in [0, 0.1) is 6.92 Å². The summed E-state index contributed by atoms with van der Waals surface area (Å²) in [5, 5.41) is 4.15. The summed E-state index contributed by atoms with van der Waals surface area (Å²) in [7, 11) is 1.54. The first-order valence-corrected chi connectivity index (χ1v) is 8.10. The van der Waals surface area contributed by atoms with Crippen molar-refractivity contribution in [2.45, 2.75) is 13.3 Å². The summed E-state index contributed by atoms with van der Waals surface area (Å²) >= 11 is 6.06. The van der Waals surface area contributed by atoms with Gasteiger partial charge in [-0.05, 0) is 54.3 Å². The number of halogens is 1. The minimum atomic E-state index is -0.151. The van der Waals surface area contributed by atoms with Crippen LogP contribution in [0.1, 0.15) is 11.1 Å². The number of hydrogen-bond donors (Lipinski definition) is 2. The molecule has 128 valence electrons. The van der Waals surface area contributed by atoms with Gasteiger partial charge in [-0.25, -0.2) is 0 Å². The quantitative estimate of drug-likeness (QED) is 0.749. The van der Waals surface area contributed by atoms with Crippen LogP contribution >= 0.6 is 11.6 Å². The molecule has 6 heteroatoms. The van der Waals surface area contributed by atoms with E-state index in [1.54, 1.807) is 25.1 Å². The summed E-state index contributed by atoms with van der Waals surface area (Å²) in [4.78, 5) is 26.7. The molecular formula is C19H17ClN2O3. The van der Waals surface area contributed by atoms with Gasteiger partial charge in [0.05, 0.1) is 18.6 Å². The van der Waals surface area contributed by atoms with Crippen LogP contribution in [0.4, 0.5) is 5.69 Å². The SMILES string of the molecule is COc1ccc(NC(=O)Cc2ccc3[nH]c(=O)c(C)cc3c2)cc1Cl. The first-order valence-electron chi connectivity index (χ1n) is 7.72. The van der Waals surface area contributed by atoms with E-state index in [0.717, 1.165) is 16.5 Å². The third-order valence-electron chi connectivity index (χ3n) is 3.89. The van der Waals surface area contributed by atoms with Gasteiger partial charge in [0.1, 0.15) is 5.75 Å². The molecule has 0 unspecified atom stereocenters. The van der Waals surface area contributed by atoms with Gasteiger partial charge >= 0.3 is 0 Å². The van der Waals surface area contributed by atoms with Crippen molar-refractivity contribution in [1.29, 1.82) is 0 Å². The lowest BCUT2D eigenvalue weighted by atomic mass is 10.1. The van der Waals surface area contributed by atoms with E-state index in [4.69, 9.17) is 16.3 Å². The van der Waals surface area contributed by atoms with E-state index in [1.165, 1.54) is 7.11 Å². The lowest BCUT2D eigenvalue weighted by Gasteiger charge is -2.09. The van der Waals surface area contributed by atoms with Gasteiger partial charge in [-0.3, -0.25) is 9.59 Å². The van der Waals surface area contributed by atoms with Crippen molar-refractivity contribution in [1.82, 2.24) is 4.98 Å². The maximum Gasteiger partial charge on any atom is 0.251 e. The second kappa shape index (κ2) is 6.99. The molecule has 3 aromatic rings. The molecule has 25 heavy (non-hydrogen) atoms. The van der Waals surface area contributed by atoms with Gasteiger partial charge in [0.25, 0.3) is 5.56 Å². The fraction of sp³-hybridized carbons (Fsp3) is 0.158. The number of nitrogens with one attached hydrogen (secondary N) is 2. The van der Waals surface area contributed by atoms with Gasteiger partial charge in [0.2, 0.25) is 5.91 Å². The third kappa shape index (κ3) is 3.83. The number of benzene rings is 2. The van der Waals surface area contributed by atoms with Crippen LogP contribution in [0.5, 0.6) is 5.75 Å². The molecule has 0 atom stereocenters. The molecule has 5 nitrogen and oxygen atoms in total. The van der Waals surface area contributed by atoms with Crippen LogP contribution in [-0.2, 0) is 11.2 Å². The van der Waals surface area contributed by atoms with Crippen LogP contribution in [-0.4, -0.2) is 18.0 Å². The molecule has 0 aliphatic heterocycles. The Morgan fingerprint density at radius 2 is 2.00 bits per heavy atom. The zero-order valence-corrected chi connectivity index (χ0v) is 14.6. The molecule has 3 rings (SSSR count). The third-order valence-corrected chi connectivity index (χ3v) is 4.19. The number of H-pyrrole nitrogens is 1. The number of fused-ring (bicyclic) bond motifs is 1. The van der Waals surface area contributed by atoms with E-state index >= 15 is 0 Å². The lowest BCUT2D eigenvalue weighted by molar-refractivity contribution is -0.115. The van der Waals surface area contributed by atoms with Gasteiger partial charge in [0, 0.05) is 16.8 Å². The number of methoxy groups -OCH3 is 1. The van der Waals surface area contributed by atoms with Gasteiger partial charge in [0.15, 0.2) is 0 Å². The Labute approximate surface area is 149 Å². The van der Waals surface area contributed by atoms with E-state index in [0.29, 0.717) is 22.0 Å². The highest BCUT2D eigenvalue weighted by Gasteiger charge is 2.08. The number of carbonyl (C=O) groups is 1. The monoisotopic (exact) mass is 356 g/mol. The van der Waals surface area contributed by atoms with Crippen LogP contribution < -0.4 is 15.6 Å². The number of aromatic amines is 1. The largest absolute Gasteiger partial charge is 0.495 e. The van der Waals surface area contributed by atoms with E-state index < -0.39 is 0 Å². The van der Waals surface area contributed by atoms with Crippen molar-refractivity contribution in [2.75, 3.05) is 12.4 Å². The molecule has 0 fully saturated rings. The Morgan fingerprint density at radius 3 is 2.72 bits per heavy atom. The van der Waals surface area contributed by atoms with Crippen molar-refractivity contribution in [2.24, 2.45) is 0 Å². The standard InChI is InChI=1S/C19H17ClN2O3/c1-11-7-13-8-12(3-5-16(13)22-19(11)24)9-18(23)21-14-4-6-17(25-2)15(20)10-14/h3-8,10H,9H2,1-2H3,(H,21,23)(H,22,24). The van der Waals surface area contributed by atoms with E-state index in [-0.39, 0.29) is 17.9 Å². The summed E-state index contributed by atoms with van der Waals surface area (Å²) in [6, 6.07) is 12.4. The fourth-order valence-corrected chi connectivity index (χ4v) is 2.87. The number of hydrogen-bond acceptors (Lipinski definition) is 3. The number of aromatic nitrogens is 1. The molecule has 2 aromatic carbocycles. The van der Waals surface area contributed by atoms with E-state index in [2.05, 4.69) is 10.3 Å². The average molecular weight is 357 g/mol. The van der Waals surface area contributed by atoms with Crippen molar-refractivity contribution < 1.29 is 9.53 Å². The summed E-state index contributed by atoms with van der Waals surface area (Å²) in [5.41, 5.74) is 2.76. The van der Waals surface area contributed by atoms with Crippen molar-refractivity contribution >= 4 is 34.1 Å². The van der Waals surface area contributed by atoms with E-state index in [1.807, 2.05) is 24.3 Å². The highest BCUT2D eigenvalue weighted by Crippen LogP contribution is 2.27. The maximum atomic E-state index is 12.3. The van der Waals surface area contributed by atoms with Crippen LogP contribution in [0.2, 0.25) is 5.02 Å². The van der Waals surface area contributed by atoms with Crippen molar-refractivity contribution in [3.8, 4) is 5.75 Å². The van der Waals surface area contributed by atoms with Crippen molar-refractivity contribution in [3.63, 3.8) is 0 Å². The van der Waals surface area contributed by atoms with E-state index in [9.17, 15) is 9.59 Å². The van der Waals surface area contributed by atoms with Gasteiger partial charge in [-0.15, -0.1) is 0 Å². The second-order valence-corrected chi connectivity index (χ2v) is 6.18. The molecule has 1 heterocycles. The molecule has 2 N–H and O–H groups in total. The summed E-state index contributed by atoms with van der Waals surface area (Å²) in [6.07, 6.45) is 0.220. The maximum absolute atomic E-state index is 12.3. The number of ether oxygens (including phenoxy) is 1. The van der Waals surface area contributed by atoms with Gasteiger partial charge in [-0.2, -0.15) is 0 Å². The molecule has 0 bridgehead atoms. The number of carbonyl (C=O) groups excluding carboxylic acids is 1. The Kier molecular flexibility index (Phi) is 4.76. The minimum Gasteiger partial charge on any atom is -0.495 e. The molecule has 0 radical (unpaired) electrons. The Bertz CT molecular complexity index is 1010.